The molecule has 2 unspecified atom stereocenters. The van der Waals surface area contributed by atoms with Crippen molar-refractivity contribution in [2.24, 2.45) is 0 Å². The summed E-state index contributed by atoms with van der Waals surface area (Å²) in [6.45, 7) is 4.24. The van der Waals surface area contributed by atoms with Crippen molar-refractivity contribution in [2.75, 3.05) is 41.0 Å². The number of quaternary nitrogens is 1. The van der Waals surface area contributed by atoms with Crippen molar-refractivity contribution in [3.63, 3.8) is 0 Å². The van der Waals surface area contributed by atoms with Gasteiger partial charge in [0, 0.05) is 19.3 Å². The topological polar surface area (TPSA) is 102 Å². The van der Waals surface area contributed by atoms with Gasteiger partial charge in [-0.05, 0) is 12.8 Å². The van der Waals surface area contributed by atoms with E-state index in [2.05, 4.69) is 6.92 Å². The van der Waals surface area contributed by atoms with E-state index in [1.165, 1.54) is 38.5 Å². The van der Waals surface area contributed by atoms with Crippen LogP contribution in [-0.2, 0) is 28.6 Å². The number of carbonyl (C=O) groups excluding carboxylic acids is 3. The number of aliphatic carboxylic acids is 1. The average Bonchev–Trinajstić information content (AvgIpc) is 2.75. The molecule has 0 aromatic rings. The van der Waals surface area contributed by atoms with Crippen LogP contribution in [0.25, 0.3) is 0 Å². The number of hydrogen-bond donors (Lipinski definition) is 0. The second-order valence-electron chi connectivity index (χ2n) is 9.94. The molecule has 0 spiro atoms. The van der Waals surface area contributed by atoms with E-state index in [9.17, 15) is 19.5 Å². The Morgan fingerprint density at radius 1 is 0.765 bits per heavy atom. The zero-order valence-corrected chi connectivity index (χ0v) is 22.3. The molecule has 0 bridgehead atoms. The Morgan fingerprint density at radius 3 is 1.88 bits per heavy atom. The lowest BCUT2D eigenvalue weighted by Gasteiger charge is -2.34. The van der Waals surface area contributed by atoms with Crippen LogP contribution in [0.5, 0.6) is 0 Å². The van der Waals surface area contributed by atoms with Gasteiger partial charge in [-0.3, -0.25) is 9.59 Å². The number of rotatable bonds is 22. The third kappa shape index (κ3) is 17.8. The maximum Gasteiger partial charge on any atom is 0.306 e. The highest BCUT2D eigenvalue weighted by molar-refractivity contribution is 5.70. The van der Waals surface area contributed by atoms with Crippen molar-refractivity contribution in [2.45, 2.75) is 109 Å². The van der Waals surface area contributed by atoms with Gasteiger partial charge < -0.3 is 28.6 Å². The Bertz CT molecular complexity index is 560. The highest BCUT2D eigenvalue weighted by Crippen LogP contribution is 2.12. The first-order valence-electron chi connectivity index (χ1n) is 13.1. The van der Waals surface area contributed by atoms with E-state index in [0.29, 0.717) is 19.3 Å². The third-order valence-electron chi connectivity index (χ3n) is 5.71. The number of likely N-dealkylation sites (N-methyl/N-ethyl adjacent to an activating group) is 1. The fourth-order valence-corrected chi connectivity index (χ4v) is 3.63. The van der Waals surface area contributed by atoms with Gasteiger partial charge in [-0.25, -0.2) is 0 Å². The summed E-state index contributed by atoms with van der Waals surface area (Å²) in [5, 5.41) is 11.4. The molecule has 34 heavy (non-hydrogen) atoms. The SMILES string of the molecule is CCCCCCCCCCCC(=O)OC(COCCC(C(=O)[O-])[N+](C)(C)C)COC(=O)CCC. The Labute approximate surface area is 206 Å². The monoisotopic (exact) mass is 487 g/mol. The Balaban J connectivity index is 4.38. The van der Waals surface area contributed by atoms with Crippen LogP contribution in [0.1, 0.15) is 97.3 Å². The van der Waals surface area contributed by atoms with Gasteiger partial charge in [0.15, 0.2) is 6.10 Å². The minimum atomic E-state index is -1.13. The molecule has 0 fully saturated rings. The first-order valence-corrected chi connectivity index (χ1v) is 13.1. The van der Waals surface area contributed by atoms with Crippen molar-refractivity contribution >= 4 is 17.9 Å². The zero-order chi connectivity index (χ0) is 25.8. The van der Waals surface area contributed by atoms with Gasteiger partial charge in [-0.1, -0.05) is 65.2 Å². The number of esters is 2. The third-order valence-corrected chi connectivity index (χ3v) is 5.71. The van der Waals surface area contributed by atoms with Gasteiger partial charge in [-0.2, -0.15) is 0 Å². The number of unbranched alkanes of at least 4 members (excludes halogenated alkanes) is 8. The lowest BCUT2D eigenvalue weighted by Crippen LogP contribution is -2.55. The highest BCUT2D eigenvalue weighted by Gasteiger charge is 2.25. The van der Waals surface area contributed by atoms with Crippen molar-refractivity contribution in [3.8, 4) is 0 Å². The number of carboxylic acids is 1. The van der Waals surface area contributed by atoms with E-state index in [0.717, 1.165) is 19.3 Å². The largest absolute Gasteiger partial charge is 0.544 e. The second kappa shape index (κ2) is 19.6. The summed E-state index contributed by atoms with van der Waals surface area (Å²) < 4.78 is 16.5. The molecule has 0 aliphatic carbocycles. The van der Waals surface area contributed by atoms with Gasteiger partial charge in [0.1, 0.15) is 12.6 Å². The minimum Gasteiger partial charge on any atom is -0.544 e. The van der Waals surface area contributed by atoms with Crippen LogP contribution >= 0.6 is 0 Å². The summed E-state index contributed by atoms with van der Waals surface area (Å²) in [4.78, 5) is 35.4. The van der Waals surface area contributed by atoms with E-state index in [-0.39, 0.29) is 42.7 Å². The summed E-state index contributed by atoms with van der Waals surface area (Å²) in [6.07, 6.45) is 11.3. The lowest BCUT2D eigenvalue weighted by molar-refractivity contribution is -0.889. The van der Waals surface area contributed by atoms with Crippen LogP contribution in [0, 0.1) is 0 Å². The number of ether oxygens (including phenoxy) is 3. The predicted molar refractivity (Wildman–Crippen MR) is 130 cm³/mol. The van der Waals surface area contributed by atoms with Crippen molar-refractivity contribution in [1.29, 1.82) is 0 Å². The molecule has 0 aromatic heterocycles. The maximum absolute atomic E-state index is 12.3. The molecule has 0 saturated heterocycles. The Morgan fingerprint density at radius 2 is 1.35 bits per heavy atom. The number of carbonyl (C=O) groups is 3. The van der Waals surface area contributed by atoms with E-state index >= 15 is 0 Å². The normalized spacial score (nSPS) is 13.3. The molecule has 8 heteroatoms. The molecule has 8 nitrogen and oxygen atoms in total. The second-order valence-corrected chi connectivity index (χ2v) is 9.94. The molecular weight excluding hydrogens is 438 g/mol. The van der Waals surface area contributed by atoms with E-state index in [4.69, 9.17) is 14.2 Å². The van der Waals surface area contributed by atoms with Crippen LogP contribution < -0.4 is 5.11 Å². The smallest absolute Gasteiger partial charge is 0.306 e. The first-order chi connectivity index (χ1) is 16.1. The number of hydrogen-bond acceptors (Lipinski definition) is 7. The lowest BCUT2D eigenvalue weighted by atomic mass is 10.1. The van der Waals surface area contributed by atoms with Gasteiger partial charge in [0.2, 0.25) is 0 Å². The molecule has 0 saturated carbocycles. The molecule has 200 valence electrons. The number of nitrogens with zero attached hydrogens (tertiary/aromatic N) is 1. The quantitative estimate of drug-likeness (QED) is 0.131. The van der Waals surface area contributed by atoms with Crippen LogP contribution in [0.3, 0.4) is 0 Å². The minimum absolute atomic E-state index is 0.0415. The van der Waals surface area contributed by atoms with Crippen molar-refractivity contribution in [1.82, 2.24) is 0 Å². The van der Waals surface area contributed by atoms with E-state index in [1.807, 2.05) is 6.92 Å². The van der Waals surface area contributed by atoms with Crippen LogP contribution in [0.15, 0.2) is 0 Å². The Hall–Kier alpha value is -1.67. The first kappa shape index (κ1) is 32.3. The van der Waals surface area contributed by atoms with E-state index in [1.54, 1.807) is 21.1 Å². The van der Waals surface area contributed by atoms with E-state index < -0.39 is 18.1 Å². The zero-order valence-electron chi connectivity index (χ0n) is 22.3. The average molecular weight is 488 g/mol. The molecule has 0 radical (unpaired) electrons. The maximum atomic E-state index is 12.3. The molecule has 0 rings (SSSR count). The Kier molecular flexibility index (Phi) is 18.7. The van der Waals surface area contributed by atoms with Gasteiger partial charge in [0.25, 0.3) is 0 Å². The van der Waals surface area contributed by atoms with Crippen LogP contribution in [-0.4, -0.2) is 75.5 Å². The van der Waals surface area contributed by atoms with Crippen LogP contribution in [0.2, 0.25) is 0 Å². The standard InChI is InChI=1S/C26H49NO7/c1-6-8-9-10-11-12-13-14-15-17-25(29)34-22(21-33-24(28)16-7-2)20-32-19-18-23(26(30)31)27(3,4)5/h22-23H,6-21H2,1-5H3. The van der Waals surface area contributed by atoms with Gasteiger partial charge >= 0.3 is 11.9 Å². The van der Waals surface area contributed by atoms with Gasteiger partial charge in [-0.15, -0.1) is 0 Å². The summed E-state index contributed by atoms with van der Waals surface area (Å²) in [6, 6.07) is -0.713. The molecule has 0 aliphatic heterocycles. The summed E-state index contributed by atoms with van der Waals surface area (Å²) in [7, 11) is 5.35. The predicted octanol–water partition coefficient (Wildman–Crippen LogP) is 3.39. The molecule has 0 heterocycles. The summed E-state index contributed by atoms with van der Waals surface area (Å²) >= 11 is 0. The summed E-state index contributed by atoms with van der Waals surface area (Å²) in [5.74, 6) is -1.81. The van der Waals surface area contributed by atoms with Crippen molar-refractivity contribution < 1.29 is 38.2 Å². The molecule has 0 N–H and O–H groups in total. The van der Waals surface area contributed by atoms with Crippen molar-refractivity contribution in [3.05, 3.63) is 0 Å². The van der Waals surface area contributed by atoms with Crippen LogP contribution in [0.4, 0.5) is 0 Å². The molecule has 0 aliphatic rings. The molecule has 2 atom stereocenters. The molecule has 0 amide bonds. The molecular formula is C26H49NO7. The fourth-order valence-electron chi connectivity index (χ4n) is 3.63. The fraction of sp³-hybridized carbons (Fsp3) is 0.885. The number of carboxylic acid groups (broad SMARTS) is 1. The van der Waals surface area contributed by atoms with Gasteiger partial charge in [0.05, 0.1) is 40.3 Å². The molecule has 0 aromatic carbocycles. The summed E-state index contributed by atoms with van der Waals surface area (Å²) in [5.41, 5.74) is 0. The highest BCUT2D eigenvalue weighted by atomic mass is 16.6.